The summed E-state index contributed by atoms with van der Waals surface area (Å²) in [5.74, 6) is -1.78. The molecule has 246 valence electrons. The summed E-state index contributed by atoms with van der Waals surface area (Å²) in [6, 6.07) is -1.83. The number of aliphatic carboxylic acids is 1. The molecule has 0 spiro atoms. The molecule has 0 radical (unpaired) electrons. The summed E-state index contributed by atoms with van der Waals surface area (Å²) in [6.45, 7) is 17.8. The van der Waals surface area contributed by atoms with Crippen LogP contribution in [-0.2, 0) is 33.1 Å². The van der Waals surface area contributed by atoms with E-state index in [1.54, 1.807) is 41.5 Å². The fourth-order valence-corrected chi connectivity index (χ4v) is 5.10. The number of carboxylic acid groups (broad SMARTS) is 1. The largest absolute Gasteiger partial charge is 0.479 e. The first kappa shape index (κ1) is 36.6. The number of alkyl carbamates (subject to hydrolysis) is 1. The maximum Gasteiger partial charge on any atom is 0.457 e. The van der Waals surface area contributed by atoms with Gasteiger partial charge in [0.25, 0.3) is 0 Å². The first-order chi connectivity index (χ1) is 19.5. The van der Waals surface area contributed by atoms with Crippen LogP contribution in [0.2, 0.25) is 6.32 Å². The third-order valence-corrected chi connectivity index (χ3v) is 7.79. The molecule has 0 aliphatic carbocycles. The van der Waals surface area contributed by atoms with E-state index in [1.807, 2.05) is 27.7 Å². The zero-order valence-electron chi connectivity index (χ0n) is 27.8. The van der Waals surface area contributed by atoms with Gasteiger partial charge in [-0.2, -0.15) is 0 Å². The van der Waals surface area contributed by atoms with Crippen molar-refractivity contribution in [2.75, 3.05) is 20.3 Å². The number of ether oxygens (including phenoxy) is 3. The van der Waals surface area contributed by atoms with Crippen LogP contribution in [0.5, 0.6) is 0 Å². The lowest BCUT2D eigenvalue weighted by molar-refractivity contribution is -0.150. The van der Waals surface area contributed by atoms with Gasteiger partial charge in [-0.1, -0.05) is 12.8 Å². The number of carbonyl (C=O) groups excluding carboxylic acids is 3. The van der Waals surface area contributed by atoms with E-state index in [-0.39, 0.29) is 26.0 Å². The zero-order valence-corrected chi connectivity index (χ0v) is 27.8. The predicted molar refractivity (Wildman–Crippen MR) is 160 cm³/mol. The Morgan fingerprint density at radius 1 is 0.977 bits per heavy atom. The summed E-state index contributed by atoms with van der Waals surface area (Å²) in [6.07, 6.45) is 0.126. The Balaban J connectivity index is 2.19. The Morgan fingerprint density at radius 3 is 2.02 bits per heavy atom. The number of hydrogen-bond acceptors (Lipinski definition) is 9. The highest BCUT2D eigenvalue weighted by atomic mass is 16.7. The highest BCUT2D eigenvalue weighted by molar-refractivity contribution is 6.45. The normalized spacial score (nSPS) is 23.9. The third kappa shape index (κ3) is 9.97. The molecule has 2 rings (SSSR count). The molecule has 3 N–H and O–H groups in total. The molecule has 3 atom stereocenters. The fraction of sp³-hybridized carbons (Fsp3) is 0.862. The highest BCUT2D eigenvalue weighted by Gasteiger charge is 2.55. The van der Waals surface area contributed by atoms with E-state index in [0.717, 1.165) is 0 Å². The van der Waals surface area contributed by atoms with E-state index < -0.39 is 71.2 Å². The minimum absolute atomic E-state index is 0.0457. The van der Waals surface area contributed by atoms with E-state index in [1.165, 1.54) is 12.0 Å². The maximum atomic E-state index is 13.3. The molecule has 0 aromatic rings. The molecule has 0 aromatic heterocycles. The summed E-state index contributed by atoms with van der Waals surface area (Å²) >= 11 is 0. The van der Waals surface area contributed by atoms with Crippen molar-refractivity contribution < 1.29 is 47.8 Å². The quantitative estimate of drug-likeness (QED) is 0.231. The minimum Gasteiger partial charge on any atom is -0.479 e. The Hall–Kier alpha value is -2.58. The summed E-state index contributed by atoms with van der Waals surface area (Å²) in [7, 11) is 0.967. The van der Waals surface area contributed by atoms with Gasteiger partial charge in [0, 0.05) is 26.1 Å². The number of nitrogens with zero attached hydrogens (tertiary/aromatic N) is 1. The number of nitrogens with one attached hydrogen (secondary N) is 2. The second-order valence-corrected chi connectivity index (χ2v) is 14.4. The number of amides is 3. The van der Waals surface area contributed by atoms with Crippen LogP contribution in [0.25, 0.3) is 0 Å². The van der Waals surface area contributed by atoms with E-state index in [9.17, 15) is 24.3 Å². The van der Waals surface area contributed by atoms with Gasteiger partial charge in [-0.25, -0.2) is 14.4 Å². The minimum atomic E-state index is -1.62. The van der Waals surface area contributed by atoms with Crippen molar-refractivity contribution in [2.24, 2.45) is 0 Å². The molecule has 2 fully saturated rings. The van der Waals surface area contributed by atoms with Gasteiger partial charge >= 0.3 is 25.3 Å². The molecule has 13 nitrogen and oxygen atoms in total. The van der Waals surface area contributed by atoms with E-state index in [4.69, 9.17) is 23.5 Å². The van der Waals surface area contributed by atoms with Crippen LogP contribution < -0.4 is 10.6 Å². The lowest BCUT2D eigenvalue weighted by Gasteiger charge is -2.35. The average molecular weight is 614 g/mol. The van der Waals surface area contributed by atoms with Crippen LogP contribution in [0.3, 0.4) is 0 Å². The van der Waals surface area contributed by atoms with Crippen LogP contribution in [0.4, 0.5) is 9.59 Å². The van der Waals surface area contributed by atoms with Crippen molar-refractivity contribution in [1.82, 2.24) is 15.5 Å². The van der Waals surface area contributed by atoms with Crippen molar-refractivity contribution in [3.63, 3.8) is 0 Å². The molecule has 14 heteroatoms. The van der Waals surface area contributed by atoms with Gasteiger partial charge in [0.05, 0.1) is 17.8 Å². The van der Waals surface area contributed by atoms with Crippen LogP contribution in [0.1, 0.15) is 94.9 Å². The molecular weight excluding hydrogens is 561 g/mol. The molecule has 2 aliphatic rings. The molecule has 0 bridgehead atoms. The van der Waals surface area contributed by atoms with Gasteiger partial charge in [-0.05, 0) is 82.0 Å². The van der Waals surface area contributed by atoms with Crippen LogP contribution in [-0.4, -0.2) is 101 Å². The van der Waals surface area contributed by atoms with E-state index in [0.29, 0.717) is 19.2 Å². The summed E-state index contributed by atoms with van der Waals surface area (Å²) in [4.78, 5) is 52.9. The van der Waals surface area contributed by atoms with Gasteiger partial charge in [0.2, 0.25) is 5.91 Å². The number of likely N-dealkylation sites (tertiary alicyclic amines) is 1. The third-order valence-electron chi connectivity index (χ3n) is 7.79. The number of carboxylic acids is 1. The van der Waals surface area contributed by atoms with Gasteiger partial charge in [0.1, 0.15) is 22.8 Å². The number of methoxy groups -OCH3 is 1. The Morgan fingerprint density at radius 2 is 1.53 bits per heavy atom. The summed E-state index contributed by atoms with van der Waals surface area (Å²) in [5.41, 5.74) is -4.19. The molecule has 2 heterocycles. The van der Waals surface area contributed by atoms with Gasteiger partial charge in [-0.15, -0.1) is 0 Å². The number of carbonyl (C=O) groups is 4. The van der Waals surface area contributed by atoms with Crippen molar-refractivity contribution in [3.8, 4) is 0 Å². The maximum absolute atomic E-state index is 13.3. The van der Waals surface area contributed by atoms with Crippen molar-refractivity contribution in [3.05, 3.63) is 0 Å². The second-order valence-electron chi connectivity index (χ2n) is 14.4. The highest BCUT2D eigenvalue weighted by Crippen LogP contribution is 2.39. The van der Waals surface area contributed by atoms with Crippen LogP contribution in [0.15, 0.2) is 0 Å². The molecule has 2 aliphatic heterocycles. The number of unbranched alkanes of at least 4 members (excludes halogenated alkanes) is 1. The lowest BCUT2D eigenvalue weighted by Crippen LogP contribution is -2.54. The monoisotopic (exact) mass is 613 g/mol. The topological polar surface area (TPSA) is 162 Å². The van der Waals surface area contributed by atoms with Gasteiger partial charge < -0.3 is 39.3 Å². The molecule has 43 heavy (non-hydrogen) atoms. The zero-order chi connectivity index (χ0) is 33.0. The lowest BCUT2D eigenvalue weighted by atomic mass is 9.80. The van der Waals surface area contributed by atoms with Crippen LogP contribution >= 0.6 is 0 Å². The number of rotatable bonds is 11. The fourth-order valence-electron chi connectivity index (χ4n) is 5.10. The molecule has 0 unspecified atom stereocenters. The first-order valence-corrected chi connectivity index (χ1v) is 14.9. The van der Waals surface area contributed by atoms with Gasteiger partial charge in [-0.3, -0.25) is 9.69 Å². The van der Waals surface area contributed by atoms with Crippen LogP contribution in [0, 0.1) is 0 Å². The van der Waals surface area contributed by atoms with Gasteiger partial charge in [0.15, 0.2) is 0 Å². The Bertz CT molecular complexity index is 1010. The van der Waals surface area contributed by atoms with E-state index in [2.05, 4.69) is 10.6 Å². The smallest absolute Gasteiger partial charge is 0.457 e. The predicted octanol–water partition coefficient (Wildman–Crippen LogP) is 3.74. The standard InChI is InChI=1S/C29H52BN3O10/c1-25(2,3)40-23(37)32-20(18-39-11)21(34)31-19-16-29(22(35)36,33(17-19)24(38)41-26(4,5)6)14-12-13-15-30-42-27(7,8)28(9,10)43-30/h19-20H,12-18H2,1-11H3,(H,31,34)(H,32,37)(H,35,36)/t19-,20+,29-/m1/s1. The number of hydrogen-bond donors (Lipinski definition) is 3. The SMILES string of the molecule is COC[C@H](NC(=O)OC(C)(C)C)C(=O)N[C@H]1CN(C(=O)OC(C)(C)C)[C@@](CCCCB2OC(C)(C)C(C)(C)O2)(C(=O)O)C1. The Kier molecular flexibility index (Phi) is 11.6. The van der Waals surface area contributed by atoms with Crippen molar-refractivity contribution in [1.29, 1.82) is 0 Å². The summed E-state index contributed by atoms with van der Waals surface area (Å²) < 4.78 is 28.1. The molecule has 2 saturated heterocycles. The van der Waals surface area contributed by atoms with Crippen molar-refractivity contribution in [2.45, 2.75) is 141 Å². The molecular formula is C29H52BN3O10. The second kappa shape index (κ2) is 13.6. The summed E-state index contributed by atoms with van der Waals surface area (Å²) in [5, 5.41) is 15.8. The molecule has 0 aromatic carbocycles. The van der Waals surface area contributed by atoms with Crippen molar-refractivity contribution >= 4 is 31.2 Å². The first-order valence-electron chi connectivity index (χ1n) is 14.9. The molecule has 3 amide bonds. The van der Waals surface area contributed by atoms with E-state index >= 15 is 0 Å². The molecule has 0 saturated carbocycles. The Labute approximate surface area is 256 Å². The average Bonchev–Trinajstić information content (AvgIpc) is 3.27.